The van der Waals surface area contributed by atoms with E-state index < -0.39 is 17.7 Å². The molecule has 0 bridgehead atoms. The van der Waals surface area contributed by atoms with Crippen molar-refractivity contribution < 1.29 is 33.6 Å². The molecule has 1 N–H and O–H groups in total. The maximum Gasteiger partial charge on any atom is 0.295 e. The molecule has 2 heterocycles. The number of carbonyl (C=O) groups is 2. The van der Waals surface area contributed by atoms with E-state index in [9.17, 15) is 14.7 Å². The Morgan fingerprint density at radius 2 is 1.81 bits per heavy atom. The number of hydrogen-bond acceptors (Lipinski definition) is 8. The Kier molecular flexibility index (Phi) is 7.69. The highest BCUT2D eigenvalue weighted by Crippen LogP contribution is 2.43. The number of aliphatic hydroxyl groups excluding tert-OH is 1. The van der Waals surface area contributed by atoms with E-state index in [0.29, 0.717) is 53.8 Å². The zero-order valence-corrected chi connectivity index (χ0v) is 21.1. The molecule has 1 unspecified atom stereocenters. The summed E-state index contributed by atoms with van der Waals surface area (Å²) in [5.74, 6) is 0.402. The Hall–Kier alpha value is -3.72. The summed E-state index contributed by atoms with van der Waals surface area (Å²) >= 11 is 0. The number of aliphatic hydroxyl groups is 1. The van der Waals surface area contributed by atoms with Gasteiger partial charge in [-0.05, 0) is 55.9 Å². The third-order valence-electron chi connectivity index (χ3n) is 6.54. The molecule has 0 radical (unpaired) electrons. The lowest BCUT2D eigenvalue weighted by atomic mass is 9.95. The second kappa shape index (κ2) is 10.9. The number of ketones is 1. The minimum absolute atomic E-state index is 0.0182. The maximum absolute atomic E-state index is 13.3. The summed E-state index contributed by atoms with van der Waals surface area (Å²) in [6, 6.07) is 9.42. The minimum Gasteiger partial charge on any atom is -0.507 e. The summed E-state index contributed by atoms with van der Waals surface area (Å²) in [5.41, 5.74) is 1.02. The first-order chi connectivity index (χ1) is 17.4. The maximum atomic E-state index is 13.3. The van der Waals surface area contributed by atoms with Crippen LogP contribution in [0.3, 0.4) is 0 Å². The molecular formula is C27H32N2O7. The lowest BCUT2D eigenvalue weighted by Gasteiger charge is -2.28. The fourth-order valence-electron chi connectivity index (χ4n) is 4.57. The molecule has 9 heteroatoms. The topological polar surface area (TPSA) is 97.8 Å². The molecule has 0 aromatic heterocycles. The molecule has 1 amide bonds. The van der Waals surface area contributed by atoms with E-state index in [-0.39, 0.29) is 18.1 Å². The summed E-state index contributed by atoms with van der Waals surface area (Å²) in [7, 11) is 1.53. The van der Waals surface area contributed by atoms with Crippen molar-refractivity contribution in [3.8, 4) is 23.0 Å². The Bertz CT molecular complexity index is 1170. The van der Waals surface area contributed by atoms with Gasteiger partial charge in [0.15, 0.2) is 23.0 Å². The third-order valence-corrected chi connectivity index (χ3v) is 6.54. The Morgan fingerprint density at radius 1 is 1.06 bits per heavy atom. The summed E-state index contributed by atoms with van der Waals surface area (Å²) in [6.07, 6.45) is 0. The van der Waals surface area contributed by atoms with Crippen molar-refractivity contribution in [2.75, 3.05) is 46.7 Å². The first-order valence-corrected chi connectivity index (χ1v) is 12.1. The van der Waals surface area contributed by atoms with Crippen molar-refractivity contribution in [3.63, 3.8) is 0 Å². The normalized spacial score (nSPS) is 18.2. The molecule has 2 aliphatic rings. The summed E-state index contributed by atoms with van der Waals surface area (Å²) < 4.78 is 22.0. The van der Waals surface area contributed by atoms with Crippen LogP contribution >= 0.6 is 0 Å². The molecule has 192 valence electrons. The zero-order valence-electron chi connectivity index (χ0n) is 21.1. The number of fused-ring (bicyclic) bond motifs is 1. The molecule has 36 heavy (non-hydrogen) atoms. The second-order valence-corrected chi connectivity index (χ2v) is 8.43. The van der Waals surface area contributed by atoms with Crippen LogP contribution in [0.2, 0.25) is 0 Å². The molecule has 9 nitrogen and oxygen atoms in total. The van der Waals surface area contributed by atoms with Crippen molar-refractivity contribution in [1.82, 2.24) is 9.80 Å². The van der Waals surface area contributed by atoms with Crippen LogP contribution in [0.1, 0.15) is 37.9 Å². The highest BCUT2D eigenvalue weighted by atomic mass is 16.7. The van der Waals surface area contributed by atoms with Crippen LogP contribution in [0.5, 0.6) is 23.0 Å². The molecule has 2 aromatic rings. The minimum atomic E-state index is -0.796. The van der Waals surface area contributed by atoms with Gasteiger partial charge in [-0.1, -0.05) is 19.9 Å². The fraction of sp³-hybridized carbons (Fsp3) is 0.407. The number of Topliss-reactive ketones (excluding diaryl/α,β-unsaturated/α-hetero) is 1. The van der Waals surface area contributed by atoms with Crippen LogP contribution in [0, 0.1) is 0 Å². The zero-order chi connectivity index (χ0) is 25.8. The van der Waals surface area contributed by atoms with Gasteiger partial charge in [0.1, 0.15) is 5.76 Å². The number of benzene rings is 2. The van der Waals surface area contributed by atoms with E-state index >= 15 is 0 Å². The number of likely N-dealkylation sites (tertiary alicyclic amines) is 1. The molecule has 2 aromatic carbocycles. The van der Waals surface area contributed by atoms with Crippen molar-refractivity contribution in [3.05, 3.63) is 53.1 Å². The fourth-order valence-corrected chi connectivity index (χ4v) is 4.57. The van der Waals surface area contributed by atoms with Crippen molar-refractivity contribution in [2.45, 2.75) is 26.8 Å². The lowest BCUT2D eigenvalue weighted by Crippen LogP contribution is -2.38. The van der Waals surface area contributed by atoms with Gasteiger partial charge in [0, 0.05) is 18.7 Å². The predicted molar refractivity (Wildman–Crippen MR) is 134 cm³/mol. The van der Waals surface area contributed by atoms with Gasteiger partial charge in [-0.15, -0.1) is 0 Å². The summed E-state index contributed by atoms with van der Waals surface area (Å²) in [6.45, 7) is 9.07. The molecule has 2 aliphatic heterocycles. The van der Waals surface area contributed by atoms with Gasteiger partial charge in [0.2, 0.25) is 6.79 Å². The van der Waals surface area contributed by atoms with Crippen molar-refractivity contribution >= 4 is 17.4 Å². The number of hydrogen-bond donors (Lipinski definition) is 1. The number of ether oxygens (including phenoxy) is 4. The second-order valence-electron chi connectivity index (χ2n) is 8.43. The molecule has 1 fully saturated rings. The molecule has 0 spiro atoms. The smallest absolute Gasteiger partial charge is 0.295 e. The van der Waals surface area contributed by atoms with Crippen LogP contribution in [0.25, 0.3) is 5.76 Å². The van der Waals surface area contributed by atoms with E-state index in [4.69, 9.17) is 18.9 Å². The first kappa shape index (κ1) is 25.4. The van der Waals surface area contributed by atoms with Crippen LogP contribution in [0.15, 0.2) is 42.0 Å². The predicted octanol–water partition coefficient (Wildman–Crippen LogP) is 3.59. The third kappa shape index (κ3) is 4.70. The largest absolute Gasteiger partial charge is 0.507 e. The van der Waals surface area contributed by atoms with Gasteiger partial charge in [0.25, 0.3) is 11.7 Å². The highest BCUT2D eigenvalue weighted by Gasteiger charge is 2.46. The van der Waals surface area contributed by atoms with Crippen LogP contribution in [-0.2, 0) is 9.59 Å². The number of amides is 1. The Balaban J connectivity index is 1.82. The molecule has 0 aliphatic carbocycles. The average Bonchev–Trinajstić information content (AvgIpc) is 3.47. The van der Waals surface area contributed by atoms with E-state index in [1.54, 1.807) is 36.4 Å². The van der Waals surface area contributed by atoms with E-state index in [1.807, 2.05) is 20.8 Å². The number of nitrogens with zero attached hydrogens (tertiary/aromatic N) is 2. The highest BCUT2D eigenvalue weighted by molar-refractivity contribution is 6.46. The number of carbonyl (C=O) groups excluding carboxylic acids is 2. The molecule has 0 saturated carbocycles. The summed E-state index contributed by atoms with van der Waals surface area (Å²) in [5, 5.41) is 11.3. The Labute approximate surface area is 210 Å². The van der Waals surface area contributed by atoms with Gasteiger partial charge in [0.05, 0.1) is 25.3 Å². The molecule has 1 saturated heterocycles. The first-order valence-electron chi connectivity index (χ1n) is 12.1. The van der Waals surface area contributed by atoms with Gasteiger partial charge in [-0.3, -0.25) is 9.59 Å². The van der Waals surface area contributed by atoms with E-state index in [2.05, 4.69) is 4.90 Å². The Morgan fingerprint density at radius 3 is 2.50 bits per heavy atom. The van der Waals surface area contributed by atoms with Crippen LogP contribution < -0.4 is 18.9 Å². The van der Waals surface area contributed by atoms with Crippen LogP contribution in [0.4, 0.5) is 0 Å². The molecular weight excluding hydrogens is 464 g/mol. The standard InChI is InChI=1S/C27H32N2O7/c1-5-28(6-2)12-13-29-24(17-8-10-19(34-7-3)21(14-17)33-4)23(26(31)27(29)32)25(30)18-9-11-20-22(15-18)36-16-35-20/h8-11,14-15,24,30H,5-7,12-13,16H2,1-4H3/b25-23+. The van der Waals surface area contributed by atoms with E-state index in [1.165, 1.54) is 12.0 Å². The van der Waals surface area contributed by atoms with Gasteiger partial charge < -0.3 is 33.9 Å². The lowest BCUT2D eigenvalue weighted by molar-refractivity contribution is -0.140. The van der Waals surface area contributed by atoms with Crippen molar-refractivity contribution in [1.29, 1.82) is 0 Å². The van der Waals surface area contributed by atoms with Crippen LogP contribution in [-0.4, -0.2) is 73.3 Å². The number of likely N-dealkylation sites (N-methyl/N-ethyl adjacent to an activating group) is 1. The SMILES string of the molecule is CCOc1ccc(C2/C(=C(\O)c3ccc4c(c3)OCO4)C(=O)C(=O)N2CCN(CC)CC)cc1OC. The monoisotopic (exact) mass is 496 g/mol. The molecule has 1 atom stereocenters. The number of rotatable bonds is 10. The summed E-state index contributed by atoms with van der Waals surface area (Å²) in [4.78, 5) is 30.3. The van der Waals surface area contributed by atoms with E-state index in [0.717, 1.165) is 13.1 Å². The quantitative estimate of drug-likeness (QED) is 0.303. The number of methoxy groups -OCH3 is 1. The van der Waals surface area contributed by atoms with Gasteiger partial charge in [-0.2, -0.15) is 0 Å². The van der Waals surface area contributed by atoms with Gasteiger partial charge >= 0.3 is 0 Å². The average molecular weight is 497 g/mol. The molecule has 4 rings (SSSR count). The van der Waals surface area contributed by atoms with Gasteiger partial charge in [-0.25, -0.2) is 0 Å². The van der Waals surface area contributed by atoms with Crippen molar-refractivity contribution in [2.24, 2.45) is 0 Å².